The van der Waals surface area contributed by atoms with Crippen molar-refractivity contribution in [3.63, 3.8) is 0 Å². The van der Waals surface area contributed by atoms with E-state index in [1.54, 1.807) is 6.07 Å². The van der Waals surface area contributed by atoms with E-state index in [1.807, 2.05) is 6.07 Å². The molecule has 1 N–H and O–H groups in total. The highest BCUT2D eigenvalue weighted by Gasteiger charge is 2.43. The fourth-order valence-electron chi connectivity index (χ4n) is 3.02. The Kier molecular flexibility index (Phi) is 4.55. The van der Waals surface area contributed by atoms with Gasteiger partial charge in [0.15, 0.2) is 0 Å². The lowest BCUT2D eigenvalue weighted by atomic mass is 9.66. The molecule has 1 aromatic heterocycles. The third-order valence-electron chi connectivity index (χ3n) is 4.47. The van der Waals surface area contributed by atoms with E-state index in [4.69, 9.17) is 11.6 Å². The van der Waals surface area contributed by atoms with Crippen LogP contribution < -0.4 is 0 Å². The molecule has 1 fully saturated rings. The Balaban J connectivity index is 2.14. The minimum absolute atomic E-state index is 0.625. The van der Waals surface area contributed by atoms with E-state index in [2.05, 4.69) is 19.9 Å². The van der Waals surface area contributed by atoms with Gasteiger partial charge >= 0.3 is 0 Å². The van der Waals surface area contributed by atoms with Crippen molar-refractivity contribution in [3.8, 4) is 6.07 Å². The second kappa shape index (κ2) is 5.83. The van der Waals surface area contributed by atoms with Gasteiger partial charge in [-0.3, -0.25) is 0 Å². The van der Waals surface area contributed by atoms with Gasteiger partial charge in [-0.05, 0) is 49.7 Å². The molecule has 1 atom stereocenters. The van der Waals surface area contributed by atoms with Crippen LogP contribution in [0.25, 0.3) is 0 Å². The van der Waals surface area contributed by atoms with Crippen molar-refractivity contribution in [2.75, 3.05) is 0 Å². The Hall–Kier alpha value is -0.560. The minimum Gasteiger partial charge on any atom is -0.386 e. The summed E-state index contributed by atoms with van der Waals surface area (Å²) in [5, 5.41) is 20.1. The summed E-state index contributed by atoms with van der Waals surface area (Å²) in [6.45, 7) is 4.47. The quantitative estimate of drug-likeness (QED) is 0.871. The molecule has 1 heterocycles. The predicted molar refractivity (Wildman–Crippen MR) is 79.1 cm³/mol. The molecule has 0 amide bonds. The summed E-state index contributed by atoms with van der Waals surface area (Å²) in [6, 6.07) is 6.02. The summed E-state index contributed by atoms with van der Waals surface area (Å²) in [7, 11) is 0. The Labute approximate surface area is 124 Å². The van der Waals surface area contributed by atoms with Crippen LogP contribution in [0.2, 0.25) is 4.34 Å². The van der Waals surface area contributed by atoms with Crippen molar-refractivity contribution in [1.82, 2.24) is 0 Å². The largest absolute Gasteiger partial charge is 0.386 e. The summed E-state index contributed by atoms with van der Waals surface area (Å²) in [4.78, 5) is 0.814. The number of aliphatic hydroxyl groups excluding tert-OH is 1. The molecule has 0 radical (unpaired) electrons. The molecule has 1 aliphatic carbocycles. The SMILES string of the molecule is CC(C)C1CCC(C#N)(C(O)c2ccc(Cl)s2)CC1. The van der Waals surface area contributed by atoms with Crippen LogP contribution in [0.1, 0.15) is 50.5 Å². The van der Waals surface area contributed by atoms with E-state index in [1.165, 1.54) is 11.3 Å². The first-order valence-electron chi connectivity index (χ1n) is 6.83. The number of nitriles is 1. The lowest BCUT2D eigenvalue weighted by Gasteiger charge is -2.39. The zero-order valence-electron chi connectivity index (χ0n) is 11.4. The van der Waals surface area contributed by atoms with Crippen molar-refractivity contribution < 1.29 is 5.11 Å². The first-order valence-corrected chi connectivity index (χ1v) is 8.02. The van der Waals surface area contributed by atoms with E-state index in [0.29, 0.717) is 16.2 Å². The maximum absolute atomic E-state index is 10.6. The average molecular weight is 298 g/mol. The average Bonchev–Trinajstić information content (AvgIpc) is 2.84. The molecule has 0 bridgehead atoms. The second-order valence-electron chi connectivity index (χ2n) is 5.89. The first-order chi connectivity index (χ1) is 8.98. The molecular weight excluding hydrogens is 278 g/mol. The van der Waals surface area contributed by atoms with Gasteiger partial charge in [-0.1, -0.05) is 25.4 Å². The molecule has 1 saturated carbocycles. The molecule has 2 nitrogen and oxygen atoms in total. The topological polar surface area (TPSA) is 44.0 Å². The van der Waals surface area contributed by atoms with Crippen LogP contribution in [0, 0.1) is 28.6 Å². The second-order valence-corrected chi connectivity index (χ2v) is 7.64. The van der Waals surface area contributed by atoms with Crippen LogP contribution in [0.4, 0.5) is 0 Å². The smallest absolute Gasteiger partial charge is 0.107 e. The molecule has 2 rings (SSSR count). The fraction of sp³-hybridized carbons (Fsp3) is 0.667. The van der Waals surface area contributed by atoms with Crippen molar-refractivity contribution in [2.45, 2.75) is 45.6 Å². The van der Waals surface area contributed by atoms with Crippen LogP contribution in [-0.4, -0.2) is 5.11 Å². The third kappa shape index (κ3) is 2.97. The zero-order chi connectivity index (χ0) is 14.0. The summed E-state index contributed by atoms with van der Waals surface area (Å²) in [6.07, 6.45) is 2.91. The van der Waals surface area contributed by atoms with Gasteiger partial charge in [0.2, 0.25) is 0 Å². The highest BCUT2D eigenvalue weighted by atomic mass is 35.5. The molecule has 1 aromatic rings. The number of halogens is 1. The molecule has 0 aliphatic heterocycles. The van der Waals surface area contributed by atoms with E-state index >= 15 is 0 Å². The monoisotopic (exact) mass is 297 g/mol. The number of nitrogens with zero attached hydrogens (tertiary/aromatic N) is 1. The summed E-state index contributed by atoms with van der Waals surface area (Å²) in [5.74, 6) is 1.34. The number of hydrogen-bond acceptors (Lipinski definition) is 3. The molecule has 1 unspecified atom stereocenters. The molecule has 104 valence electrons. The van der Waals surface area contributed by atoms with Gasteiger partial charge in [-0.25, -0.2) is 0 Å². The van der Waals surface area contributed by atoms with Crippen molar-refractivity contribution in [2.24, 2.45) is 17.3 Å². The maximum atomic E-state index is 10.6. The number of thiophene rings is 1. The lowest BCUT2D eigenvalue weighted by Crippen LogP contribution is -2.33. The van der Waals surface area contributed by atoms with Gasteiger partial charge in [0.05, 0.1) is 15.8 Å². The zero-order valence-corrected chi connectivity index (χ0v) is 13.0. The number of aliphatic hydroxyl groups is 1. The van der Waals surface area contributed by atoms with Gasteiger partial charge in [-0.2, -0.15) is 5.26 Å². The Bertz CT molecular complexity index is 469. The molecule has 0 saturated heterocycles. The van der Waals surface area contributed by atoms with Gasteiger partial charge in [0.25, 0.3) is 0 Å². The summed E-state index contributed by atoms with van der Waals surface area (Å²) in [5.41, 5.74) is -0.625. The van der Waals surface area contributed by atoms with Crippen LogP contribution in [0.15, 0.2) is 12.1 Å². The molecule has 4 heteroatoms. The van der Waals surface area contributed by atoms with Crippen LogP contribution in [-0.2, 0) is 0 Å². The van der Waals surface area contributed by atoms with E-state index in [-0.39, 0.29) is 0 Å². The summed E-state index contributed by atoms with van der Waals surface area (Å²) < 4.78 is 0.665. The molecular formula is C15H20ClNOS. The Morgan fingerprint density at radius 1 is 1.42 bits per heavy atom. The van der Waals surface area contributed by atoms with Gasteiger partial charge in [0, 0.05) is 4.88 Å². The van der Waals surface area contributed by atoms with E-state index in [9.17, 15) is 10.4 Å². The molecule has 0 aromatic carbocycles. The summed E-state index contributed by atoms with van der Waals surface area (Å²) >= 11 is 7.30. The van der Waals surface area contributed by atoms with Crippen LogP contribution in [0.3, 0.4) is 0 Å². The molecule has 0 spiro atoms. The predicted octanol–water partition coefficient (Wildman–Crippen LogP) is 4.79. The van der Waals surface area contributed by atoms with Crippen molar-refractivity contribution in [3.05, 3.63) is 21.3 Å². The van der Waals surface area contributed by atoms with E-state index in [0.717, 1.165) is 30.6 Å². The number of hydrogen-bond donors (Lipinski definition) is 1. The Morgan fingerprint density at radius 3 is 2.47 bits per heavy atom. The lowest BCUT2D eigenvalue weighted by molar-refractivity contribution is 0.0214. The number of rotatable bonds is 3. The van der Waals surface area contributed by atoms with Crippen molar-refractivity contribution in [1.29, 1.82) is 5.26 Å². The third-order valence-corrected chi connectivity index (χ3v) is 5.76. The van der Waals surface area contributed by atoms with Crippen LogP contribution >= 0.6 is 22.9 Å². The normalized spacial score (nSPS) is 29.2. The highest BCUT2D eigenvalue weighted by Crippen LogP contribution is 2.49. The highest BCUT2D eigenvalue weighted by molar-refractivity contribution is 7.16. The van der Waals surface area contributed by atoms with Gasteiger partial charge in [-0.15, -0.1) is 11.3 Å². The first kappa shape index (κ1) is 14.8. The van der Waals surface area contributed by atoms with E-state index < -0.39 is 11.5 Å². The molecule has 19 heavy (non-hydrogen) atoms. The minimum atomic E-state index is -0.705. The molecule has 1 aliphatic rings. The standard InChI is InChI=1S/C15H20ClNOS/c1-10(2)11-5-7-15(9-17,8-6-11)14(18)12-3-4-13(16)19-12/h3-4,10-11,14,18H,5-8H2,1-2H3. The maximum Gasteiger partial charge on any atom is 0.107 e. The van der Waals surface area contributed by atoms with Gasteiger partial charge in [0.1, 0.15) is 6.10 Å². The van der Waals surface area contributed by atoms with Crippen molar-refractivity contribution >= 4 is 22.9 Å². The Morgan fingerprint density at radius 2 is 2.05 bits per heavy atom. The van der Waals surface area contributed by atoms with Crippen LogP contribution in [0.5, 0.6) is 0 Å². The fourth-order valence-corrected chi connectivity index (χ4v) is 4.18. The van der Waals surface area contributed by atoms with Gasteiger partial charge < -0.3 is 5.11 Å².